The molecular weight excluding hydrogens is 376 g/mol. The number of ether oxygens (including phenoxy) is 1. The Bertz CT molecular complexity index is 986. The van der Waals surface area contributed by atoms with Crippen LogP contribution in [0.4, 0.5) is 0 Å². The first-order valence-corrected chi connectivity index (χ1v) is 8.87. The zero-order valence-electron chi connectivity index (χ0n) is 15.8. The SMILES string of the molecule is COCCCn1cc(-c2ccc(C(=O)NCc3cncc(C(=O)O)c3)nc2)nn1. The number of amides is 1. The van der Waals surface area contributed by atoms with Gasteiger partial charge in [0.2, 0.25) is 0 Å². The minimum atomic E-state index is -1.07. The Hall–Kier alpha value is -3.66. The molecule has 0 aliphatic heterocycles. The van der Waals surface area contributed by atoms with Gasteiger partial charge in [0.05, 0.1) is 11.8 Å². The molecule has 0 aliphatic carbocycles. The van der Waals surface area contributed by atoms with E-state index in [-0.39, 0.29) is 23.7 Å². The maximum absolute atomic E-state index is 12.3. The number of nitrogens with one attached hydrogen (secondary N) is 1. The molecule has 10 nitrogen and oxygen atoms in total. The molecule has 0 aliphatic rings. The van der Waals surface area contributed by atoms with E-state index >= 15 is 0 Å². The van der Waals surface area contributed by atoms with Gasteiger partial charge in [0.25, 0.3) is 5.91 Å². The normalized spacial score (nSPS) is 10.7. The maximum atomic E-state index is 12.3. The highest BCUT2D eigenvalue weighted by Crippen LogP contribution is 2.15. The lowest BCUT2D eigenvalue weighted by Crippen LogP contribution is -2.24. The second kappa shape index (κ2) is 9.51. The number of aromatic carboxylic acids is 1. The zero-order chi connectivity index (χ0) is 20.6. The molecule has 0 saturated heterocycles. The highest BCUT2D eigenvalue weighted by Gasteiger charge is 2.10. The molecule has 0 saturated carbocycles. The second-order valence-corrected chi connectivity index (χ2v) is 6.22. The molecule has 3 aromatic heterocycles. The van der Waals surface area contributed by atoms with Crippen LogP contribution in [0.2, 0.25) is 0 Å². The third-order valence-corrected chi connectivity index (χ3v) is 4.06. The Kier molecular flexibility index (Phi) is 6.59. The quantitative estimate of drug-likeness (QED) is 0.519. The monoisotopic (exact) mass is 396 g/mol. The first-order chi connectivity index (χ1) is 14.1. The Labute approximate surface area is 166 Å². The van der Waals surface area contributed by atoms with E-state index in [1.807, 2.05) is 6.20 Å². The van der Waals surface area contributed by atoms with Gasteiger partial charge in [-0.05, 0) is 30.2 Å². The number of nitrogens with zero attached hydrogens (tertiary/aromatic N) is 5. The first-order valence-electron chi connectivity index (χ1n) is 8.87. The molecule has 3 rings (SSSR count). The second-order valence-electron chi connectivity index (χ2n) is 6.22. The van der Waals surface area contributed by atoms with Crippen molar-refractivity contribution in [3.05, 3.63) is 59.8 Å². The summed E-state index contributed by atoms with van der Waals surface area (Å²) >= 11 is 0. The number of carbonyl (C=O) groups excluding carboxylic acids is 1. The highest BCUT2D eigenvalue weighted by atomic mass is 16.5. The molecule has 2 N–H and O–H groups in total. The Morgan fingerprint density at radius 3 is 2.83 bits per heavy atom. The average molecular weight is 396 g/mol. The number of hydrogen-bond acceptors (Lipinski definition) is 7. The van der Waals surface area contributed by atoms with E-state index in [4.69, 9.17) is 9.84 Å². The molecule has 29 heavy (non-hydrogen) atoms. The van der Waals surface area contributed by atoms with Crippen molar-refractivity contribution in [3.8, 4) is 11.3 Å². The number of methoxy groups -OCH3 is 1. The van der Waals surface area contributed by atoms with Gasteiger partial charge in [0.15, 0.2) is 0 Å². The van der Waals surface area contributed by atoms with E-state index in [0.29, 0.717) is 24.4 Å². The molecule has 3 aromatic rings. The van der Waals surface area contributed by atoms with Gasteiger partial charge in [-0.15, -0.1) is 5.10 Å². The smallest absolute Gasteiger partial charge is 0.337 e. The van der Waals surface area contributed by atoms with Crippen molar-refractivity contribution in [1.29, 1.82) is 0 Å². The number of hydrogen-bond donors (Lipinski definition) is 2. The van der Waals surface area contributed by atoms with Crippen LogP contribution in [0.3, 0.4) is 0 Å². The van der Waals surface area contributed by atoms with Gasteiger partial charge in [-0.25, -0.2) is 4.79 Å². The molecule has 10 heteroatoms. The lowest BCUT2D eigenvalue weighted by Gasteiger charge is -2.06. The van der Waals surface area contributed by atoms with Crippen LogP contribution in [0.1, 0.15) is 32.8 Å². The molecule has 150 valence electrons. The molecule has 0 spiro atoms. The van der Waals surface area contributed by atoms with Crippen LogP contribution in [0.15, 0.2) is 43.0 Å². The number of aromatic nitrogens is 5. The van der Waals surface area contributed by atoms with Crippen molar-refractivity contribution in [1.82, 2.24) is 30.3 Å². The standard InChI is InChI=1S/C19H20N6O4/c1-29-6-2-5-25-12-17(23-24-25)14-3-4-16(21-11-14)18(26)22-9-13-7-15(19(27)28)10-20-8-13/h3-4,7-8,10-12H,2,5-6,9H2,1H3,(H,22,26)(H,27,28). The summed E-state index contributed by atoms with van der Waals surface area (Å²) in [6.07, 6.45) is 6.96. The predicted octanol–water partition coefficient (Wildman–Crippen LogP) is 1.40. The zero-order valence-corrected chi connectivity index (χ0v) is 15.8. The average Bonchev–Trinajstić information content (AvgIpc) is 3.21. The Morgan fingerprint density at radius 1 is 1.24 bits per heavy atom. The van der Waals surface area contributed by atoms with Crippen LogP contribution in [-0.2, 0) is 17.8 Å². The van der Waals surface area contributed by atoms with Crippen LogP contribution in [0, 0.1) is 0 Å². The lowest BCUT2D eigenvalue weighted by atomic mass is 10.2. The summed E-state index contributed by atoms with van der Waals surface area (Å²) in [4.78, 5) is 31.3. The highest BCUT2D eigenvalue weighted by molar-refractivity contribution is 5.92. The number of rotatable bonds is 9. The van der Waals surface area contributed by atoms with Gasteiger partial charge < -0.3 is 15.2 Å². The van der Waals surface area contributed by atoms with Gasteiger partial charge in [-0.2, -0.15) is 0 Å². The molecule has 0 fully saturated rings. The molecule has 0 aromatic carbocycles. The van der Waals surface area contributed by atoms with Crippen LogP contribution in [0.5, 0.6) is 0 Å². The minimum Gasteiger partial charge on any atom is -0.478 e. The summed E-state index contributed by atoms with van der Waals surface area (Å²) < 4.78 is 6.75. The van der Waals surface area contributed by atoms with E-state index in [0.717, 1.165) is 12.0 Å². The molecule has 0 radical (unpaired) electrons. The Balaban J connectivity index is 1.59. The number of pyridine rings is 2. The summed E-state index contributed by atoms with van der Waals surface area (Å²) in [6.45, 7) is 1.50. The summed E-state index contributed by atoms with van der Waals surface area (Å²) in [5.41, 5.74) is 2.30. The molecular formula is C19H20N6O4. The fourth-order valence-corrected chi connectivity index (χ4v) is 2.56. The summed E-state index contributed by atoms with van der Waals surface area (Å²) in [5, 5.41) is 19.9. The third kappa shape index (κ3) is 5.42. The van der Waals surface area contributed by atoms with Crippen molar-refractivity contribution in [2.75, 3.05) is 13.7 Å². The minimum absolute atomic E-state index is 0.0643. The van der Waals surface area contributed by atoms with E-state index in [1.54, 1.807) is 30.1 Å². The van der Waals surface area contributed by atoms with E-state index in [2.05, 4.69) is 25.6 Å². The van der Waals surface area contributed by atoms with E-state index < -0.39 is 5.97 Å². The largest absolute Gasteiger partial charge is 0.478 e. The fourth-order valence-electron chi connectivity index (χ4n) is 2.56. The first kappa shape index (κ1) is 20.1. The van der Waals surface area contributed by atoms with Crippen LogP contribution >= 0.6 is 0 Å². The Morgan fingerprint density at radius 2 is 2.10 bits per heavy atom. The van der Waals surface area contributed by atoms with Crippen molar-refractivity contribution >= 4 is 11.9 Å². The summed E-state index contributed by atoms with van der Waals surface area (Å²) in [7, 11) is 1.65. The predicted molar refractivity (Wildman–Crippen MR) is 102 cm³/mol. The van der Waals surface area contributed by atoms with E-state index in [1.165, 1.54) is 18.5 Å². The van der Waals surface area contributed by atoms with Crippen molar-refractivity contribution < 1.29 is 19.4 Å². The molecule has 1 amide bonds. The molecule has 3 heterocycles. The van der Waals surface area contributed by atoms with Crippen molar-refractivity contribution in [2.24, 2.45) is 0 Å². The van der Waals surface area contributed by atoms with E-state index in [9.17, 15) is 9.59 Å². The van der Waals surface area contributed by atoms with Crippen molar-refractivity contribution in [3.63, 3.8) is 0 Å². The number of carboxylic acid groups (broad SMARTS) is 1. The van der Waals surface area contributed by atoms with Gasteiger partial charge >= 0.3 is 5.97 Å². The molecule has 0 unspecified atom stereocenters. The van der Waals surface area contributed by atoms with Gasteiger partial charge in [-0.3, -0.25) is 19.4 Å². The molecule has 0 bridgehead atoms. The van der Waals surface area contributed by atoms with Gasteiger partial charge in [0, 0.05) is 51.0 Å². The third-order valence-electron chi connectivity index (χ3n) is 4.06. The topological polar surface area (TPSA) is 132 Å². The number of aryl methyl sites for hydroxylation is 1. The number of carbonyl (C=O) groups is 2. The maximum Gasteiger partial charge on any atom is 0.337 e. The fraction of sp³-hybridized carbons (Fsp3) is 0.263. The lowest BCUT2D eigenvalue weighted by molar-refractivity contribution is 0.0696. The van der Waals surface area contributed by atoms with Crippen LogP contribution < -0.4 is 5.32 Å². The summed E-state index contributed by atoms with van der Waals surface area (Å²) in [6, 6.07) is 4.81. The summed E-state index contributed by atoms with van der Waals surface area (Å²) in [5.74, 6) is -1.45. The van der Waals surface area contributed by atoms with Gasteiger partial charge in [0.1, 0.15) is 11.4 Å². The number of carboxylic acids is 1. The van der Waals surface area contributed by atoms with Crippen molar-refractivity contribution in [2.45, 2.75) is 19.5 Å². The van der Waals surface area contributed by atoms with Crippen LogP contribution in [0.25, 0.3) is 11.3 Å². The molecule has 0 atom stereocenters. The van der Waals surface area contributed by atoms with Gasteiger partial charge in [-0.1, -0.05) is 5.21 Å². The van der Waals surface area contributed by atoms with Crippen LogP contribution in [-0.4, -0.2) is 55.7 Å².